The van der Waals surface area contributed by atoms with Crippen LogP contribution in [0.2, 0.25) is 0 Å². The average Bonchev–Trinajstić information content (AvgIpc) is 2.35. The quantitative estimate of drug-likeness (QED) is 0.644. The Labute approximate surface area is 107 Å². The second-order valence-electron chi connectivity index (χ2n) is 3.93. The van der Waals surface area contributed by atoms with Gasteiger partial charge in [-0.05, 0) is 25.5 Å². The smallest absolute Gasteiger partial charge is 0.325 e. The highest BCUT2D eigenvalue weighted by Crippen LogP contribution is 2.18. The molecule has 0 bridgehead atoms. The fraction of sp³-hybridized carbons (Fsp3) is 0.385. The number of nitrogens with two attached hydrogens (primary N) is 1. The number of nitrogen functional groups attached to an aromatic ring is 1. The monoisotopic (exact) mass is 250 g/mol. The highest BCUT2D eigenvalue weighted by molar-refractivity contribution is 6.01. The van der Waals surface area contributed by atoms with E-state index >= 15 is 0 Å². The molecule has 1 rings (SSSR count). The summed E-state index contributed by atoms with van der Waals surface area (Å²) in [5, 5.41) is 0. The zero-order valence-corrected chi connectivity index (χ0v) is 10.9. The third-order valence-corrected chi connectivity index (χ3v) is 2.74. The fourth-order valence-corrected chi connectivity index (χ4v) is 1.69. The molecule has 0 aliphatic heterocycles. The number of anilines is 1. The highest BCUT2D eigenvalue weighted by atomic mass is 16.5. The van der Waals surface area contributed by atoms with E-state index in [0.29, 0.717) is 17.8 Å². The SMILES string of the molecule is CCN(CC(=O)OC)C(=O)c1c(C)cccc1N. The van der Waals surface area contributed by atoms with Crippen LogP contribution in [0.1, 0.15) is 22.8 Å². The Morgan fingerprint density at radius 2 is 2.06 bits per heavy atom. The standard InChI is InChI=1S/C13H18N2O3/c1-4-15(8-11(16)18-3)13(17)12-9(2)6-5-7-10(12)14/h5-7H,4,8,14H2,1-3H3. The third-order valence-electron chi connectivity index (χ3n) is 2.74. The molecular weight excluding hydrogens is 232 g/mol. The zero-order valence-electron chi connectivity index (χ0n) is 10.9. The number of carbonyl (C=O) groups is 2. The predicted octanol–water partition coefficient (Wildman–Crippen LogP) is 1.21. The summed E-state index contributed by atoms with van der Waals surface area (Å²) < 4.78 is 4.56. The Hall–Kier alpha value is -2.04. The second kappa shape index (κ2) is 6.05. The van der Waals surface area contributed by atoms with Crippen LogP contribution in [0.5, 0.6) is 0 Å². The zero-order chi connectivity index (χ0) is 13.7. The molecule has 0 spiro atoms. The number of esters is 1. The molecule has 0 aromatic heterocycles. The Morgan fingerprint density at radius 1 is 1.39 bits per heavy atom. The van der Waals surface area contributed by atoms with Gasteiger partial charge in [0.05, 0.1) is 12.7 Å². The summed E-state index contributed by atoms with van der Waals surface area (Å²) in [6.07, 6.45) is 0. The molecule has 0 aliphatic carbocycles. The number of hydrogen-bond donors (Lipinski definition) is 1. The van der Waals surface area contributed by atoms with Gasteiger partial charge in [0, 0.05) is 12.2 Å². The van der Waals surface area contributed by atoms with E-state index in [1.165, 1.54) is 12.0 Å². The van der Waals surface area contributed by atoms with E-state index in [2.05, 4.69) is 4.74 Å². The molecule has 5 nitrogen and oxygen atoms in total. The minimum absolute atomic E-state index is 0.0698. The topological polar surface area (TPSA) is 72.6 Å². The first-order chi connectivity index (χ1) is 8.51. The number of amides is 1. The molecule has 0 fully saturated rings. The van der Waals surface area contributed by atoms with Crippen molar-refractivity contribution < 1.29 is 14.3 Å². The van der Waals surface area contributed by atoms with Crippen molar-refractivity contribution in [3.8, 4) is 0 Å². The van der Waals surface area contributed by atoms with E-state index in [4.69, 9.17) is 5.73 Å². The number of methoxy groups -OCH3 is 1. The summed E-state index contributed by atoms with van der Waals surface area (Å²) in [7, 11) is 1.29. The van der Waals surface area contributed by atoms with Gasteiger partial charge in [0.1, 0.15) is 6.54 Å². The number of benzene rings is 1. The fourth-order valence-electron chi connectivity index (χ4n) is 1.69. The molecular formula is C13H18N2O3. The van der Waals surface area contributed by atoms with E-state index in [0.717, 1.165) is 5.56 Å². The number of aryl methyl sites for hydroxylation is 1. The van der Waals surface area contributed by atoms with Gasteiger partial charge in [-0.3, -0.25) is 9.59 Å². The molecule has 1 aromatic carbocycles. The molecule has 1 aromatic rings. The first-order valence-electron chi connectivity index (χ1n) is 5.72. The maximum absolute atomic E-state index is 12.3. The van der Waals surface area contributed by atoms with Crippen molar-refractivity contribution in [1.82, 2.24) is 4.90 Å². The summed E-state index contributed by atoms with van der Waals surface area (Å²) >= 11 is 0. The number of nitrogens with zero attached hydrogens (tertiary/aromatic N) is 1. The molecule has 98 valence electrons. The summed E-state index contributed by atoms with van der Waals surface area (Å²) in [5.41, 5.74) is 7.48. The van der Waals surface area contributed by atoms with Crippen molar-refractivity contribution in [2.45, 2.75) is 13.8 Å². The summed E-state index contributed by atoms with van der Waals surface area (Å²) in [6, 6.07) is 5.28. The van der Waals surface area contributed by atoms with Gasteiger partial charge in [-0.1, -0.05) is 12.1 Å². The first kappa shape index (κ1) is 14.0. The maximum atomic E-state index is 12.3. The minimum atomic E-state index is -0.447. The summed E-state index contributed by atoms with van der Waals surface area (Å²) in [5.74, 6) is -0.698. The van der Waals surface area contributed by atoms with Crippen molar-refractivity contribution in [3.05, 3.63) is 29.3 Å². The molecule has 0 saturated heterocycles. The Bertz CT molecular complexity index is 437. The largest absolute Gasteiger partial charge is 0.468 e. The van der Waals surface area contributed by atoms with E-state index in [-0.39, 0.29) is 12.5 Å². The first-order valence-corrected chi connectivity index (χ1v) is 5.72. The molecule has 0 saturated carbocycles. The van der Waals surface area contributed by atoms with Crippen LogP contribution in [0.3, 0.4) is 0 Å². The van der Waals surface area contributed by atoms with E-state index < -0.39 is 5.97 Å². The molecule has 1 amide bonds. The van der Waals surface area contributed by atoms with Crippen molar-refractivity contribution in [2.75, 3.05) is 25.9 Å². The lowest BCUT2D eigenvalue weighted by Gasteiger charge is -2.21. The maximum Gasteiger partial charge on any atom is 0.325 e. The van der Waals surface area contributed by atoms with Crippen molar-refractivity contribution in [2.24, 2.45) is 0 Å². The van der Waals surface area contributed by atoms with Crippen molar-refractivity contribution in [3.63, 3.8) is 0 Å². The molecule has 2 N–H and O–H groups in total. The van der Waals surface area contributed by atoms with Gasteiger partial charge in [0.2, 0.25) is 0 Å². The van der Waals surface area contributed by atoms with Crippen LogP contribution in [0, 0.1) is 6.92 Å². The van der Waals surface area contributed by atoms with Gasteiger partial charge in [-0.2, -0.15) is 0 Å². The van der Waals surface area contributed by atoms with Crippen molar-refractivity contribution in [1.29, 1.82) is 0 Å². The average molecular weight is 250 g/mol. The lowest BCUT2D eigenvalue weighted by molar-refractivity contribution is -0.141. The lowest BCUT2D eigenvalue weighted by atomic mass is 10.1. The number of likely N-dealkylation sites (N-methyl/N-ethyl adjacent to an activating group) is 1. The van der Waals surface area contributed by atoms with Crippen LogP contribution in [0.4, 0.5) is 5.69 Å². The molecule has 0 unspecified atom stereocenters. The molecule has 0 heterocycles. The van der Waals surface area contributed by atoms with E-state index in [1.807, 2.05) is 13.0 Å². The van der Waals surface area contributed by atoms with Crippen LogP contribution >= 0.6 is 0 Å². The Balaban J connectivity index is 3.00. The number of rotatable bonds is 4. The van der Waals surface area contributed by atoms with Crippen LogP contribution < -0.4 is 5.73 Å². The van der Waals surface area contributed by atoms with Crippen LogP contribution in [0.25, 0.3) is 0 Å². The lowest BCUT2D eigenvalue weighted by Crippen LogP contribution is -2.36. The highest BCUT2D eigenvalue weighted by Gasteiger charge is 2.21. The van der Waals surface area contributed by atoms with Gasteiger partial charge in [-0.15, -0.1) is 0 Å². The van der Waals surface area contributed by atoms with Crippen molar-refractivity contribution >= 4 is 17.6 Å². The number of ether oxygens (including phenoxy) is 1. The van der Waals surface area contributed by atoms with Crippen LogP contribution in [0.15, 0.2) is 18.2 Å². The minimum Gasteiger partial charge on any atom is -0.468 e. The van der Waals surface area contributed by atoms with Crippen LogP contribution in [-0.2, 0) is 9.53 Å². The molecule has 0 atom stereocenters. The third kappa shape index (κ3) is 3.00. The second-order valence-corrected chi connectivity index (χ2v) is 3.93. The van der Waals surface area contributed by atoms with Crippen LogP contribution in [-0.4, -0.2) is 37.0 Å². The van der Waals surface area contributed by atoms with Gasteiger partial charge in [0.15, 0.2) is 0 Å². The molecule has 0 aliphatic rings. The normalized spacial score (nSPS) is 9.94. The molecule has 5 heteroatoms. The summed E-state index contributed by atoms with van der Waals surface area (Å²) in [6.45, 7) is 3.96. The predicted molar refractivity (Wildman–Crippen MR) is 69.2 cm³/mol. The van der Waals surface area contributed by atoms with Gasteiger partial charge < -0.3 is 15.4 Å². The number of hydrogen-bond acceptors (Lipinski definition) is 4. The van der Waals surface area contributed by atoms with Gasteiger partial charge in [0.25, 0.3) is 5.91 Å². The van der Waals surface area contributed by atoms with E-state index in [9.17, 15) is 9.59 Å². The Morgan fingerprint density at radius 3 is 2.56 bits per heavy atom. The molecule has 18 heavy (non-hydrogen) atoms. The number of carbonyl (C=O) groups excluding carboxylic acids is 2. The molecule has 0 radical (unpaired) electrons. The van der Waals surface area contributed by atoms with E-state index in [1.54, 1.807) is 19.1 Å². The van der Waals surface area contributed by atoms with Gasteiger partial charge in [-0.25, -0.2) is 0 Å². The Kier molecular flexibility index (Phi) is 4.71. The van der Waals surface area contributed by atoms with Gasteiger partial charge >= 0.3 is 5.97 Å². The summed E-state index contributed by atoms with van der Waals surface area (Å²) in [4.78, 5) is 25.0.